The highest BCUT2D eigenvalue weighted by Gasteiger charge is 2.71. The molecule has 2 aromatic carbocycles. The smallest absolute Gasteiger partial charge is 0.173 e. The van der Waals surface area contributed by atoms with Gasteiger partial charge in [0, 0.05) is 30.7 Å². The second-order valence-electron chi connectivity index (χ2n) is 10.6. The van der Waals surface area contributed by atoms with Crippen LogP contribution >= 0.6 is 27.2 Å². The fraction of sp³-hybridized carbons (Fsp3) is 0.429. The minimum Gasteiger partial charge on any atom is -0.339 e. The van der Waals surface area contributed by atoms with E-state index in [9.17, 15) is 0 Å². The third kappa shape index (κ3) is 3.49. The summed E-state index contributed by atoms with van der Waals surface area (Å²) in [7, 11) is -1.44. The highest BCUT2D eigenvalue weighted by Crippen LogP contribution is 2.76. The molecule has 0 N–H and O–H groups in total. The molecule has 4 unspecified atom stereocenters. The molecule has 4 fully saturated rings. The predicted octanol–water partition coefficient (Wildman–Crippen LogP) is 5.97. The Morgan fingerprint density at radius 1 is 0.706 bits per heavy atom. The molecule has 0 radical (unpaired) electrons. The minimum absolute atomic E-state index is 0.277. The fourth-order valence-corrected chi connectivity index (χ4v) is 16.2. The van der Waals surface area contributed by atoms with Gasteiger partial charge >= 0.3 is 0 Å². The third-order valence-electron chi connectivity index (χ3n) is 7.33. The van der Waals surface area contributed by atoms with Crippen molar-refractivity contribution in [3.05, 3.63) is 71.1 Å². The Kier molecular flexibility index (Phi) is 5.27. The quantitative estimate of drug-likeness (QED) is 0.405. The van der Waals surface area contributed by atoms with E-state index in [0.717, 1.165) is 12.8 Å². The van der Waals surface area contributed by atoms with E-state index in [0.29, 0.717) is 0 Å². The Labute approximate surface area is 209 Å². The van der Waals surface area contributed by atoms with Gasteiger partial charge in [-0.3, -0.25) is 0 Å². The molecule has 4 aliphatic heterocycles. The molecule has 0 amide bonds. The van der Waals surface area contributed by atoms with Crippen molar-refractivity contribution in [3.8, 4) is 0 Å². The molecule has 0 saturated carbocycles. The van der Waals surface area contributed by atoms with Crippen LogP contribution in [0.3, 0.4) is 0 Å². The van der Waals surface area contributed by atoms with Crippen molar-refractivity contribution in [2.24, 2.45) is 0 Å². The van der Waals surface area contributed by atoms with Crippen LogP contribution in [0, 0.1) is 13.8 Å². The van der Waals surface area contributed by atoms with Crippen molar-refractivity contribution in [1.82, 2.24) is 0 Å². The lowest BCUT2D eigenvalue weighted by molar-refractivity contribution is -0.467. The monoisotopic (exact) mass is 510 g/mol. The van der Waals surface area contributed by atoms with Gasteiger partial charge in [-0.15, -0.1) is 11.3 Å². The van der Waals surface area contributed by atoms with Gasteiger partial charge in [-0.1, -0.05) is 48.5 Å². The van der Waals surface area contributed by atoms with Gasteiger partial charge < -0.3 is 14.2 Å². The third-order valence-corrected chi connectivity index (χ3v) is 15.1. The molecule has 4 bridgehead atoms. The zero-order chi connectivity index (χ0) is 23.9. The van der Waals surface area contributed by atoms with Crippen LogP contribution in [0.1, 0.15) is 51.7 Å². The van der Waals surface area contributed by atoms with Crippen LogP contribution < -0.4 is 20.5 Å². The van der Waals surface area contributed by atoms with Gasteiger partial charge in [-0.2, -0.15) is 0 Å². The standard InChI is InChI=1S/C28H32O3P2S/c1-19-11-7-9-13-21(19)32(22-14-10-8-12-20(22)2)23-15-16-34-24(23)33-27(5)17-25(3)29-26(4,31-27)18-28(33,6)30-25/h7-16H,17-18H2,1-6H3. The fourth-order valence-electron chi connectivity index (χ4n) is 6.67. The number of rotatable bonds is 4. The number of benzene rings is 2. The summed E-state index contributed by atoms with van der Waals surface area (Å²) in [4.78, 5) is 0. The van der Waals surface area contributed by atoms with Gasteiger partial charge in [0.05, 0.1) is 0 Å². The lowest BCUT2D eigenvalue weighted by atomic mass is 9.98. The van der Waals surface area contributed by atoms with Gasteiger partial charge in [-0.05, 0) is 82.6 Å². The van der Waals surface area contributed by atoms with E-state index in [1.165, 1.54) is 31.7 Å². The zero-order valence-corrected chi connectivity index (χ0v) is 23.3. The molecule has 4 saturated heterocycles. The lowest BCUT2D eigenvalue weighted by Gasteiger charge is -2.69. The van der Waals surface area contributed by atoms with Crippen LogP contribution in [0.5, 0.6) is 0 Å². The Morgan fingerprint density at radius 2 is 1.21 bits per heavy atom. The number of thiophene rings is 1. The summed E-state index contributed by atoms with van der Waals surface area (Å²) >= 11 is 1.90. The molecule has 7 rings (SSSR count). The first kappa shape index (κ1) is 23.3. The molecule has 3 aromatic rings. The Bertz CT molecular complexity index is 1180. The lowest BCUT2D eigenvalue weighted by Crippen LogP contribution is -2.72. The molecule has 3 nitrogen and oxygen atoms in total. The van der Waals surface area contributed by atoms with E-state index in [2.05, 4.69) is 102 Å². The summed E-state index contributed by atoms with van der Waals surface area (Å²) in [5, 5.41) is 6.07. The molecule has 1 aromatic heterocycles. The molecule has 4 aliphatic rings. The molecular formula is C28H32O3P2S. The van der Waals surface area contributed by atoms with Crippen molar-refractivity contribution in [2.45, 2.75) is 76.6 Å². The summed E-state index contributed by atoms with van der Waals surface area (Å²) in [5.41, 5.74) is 2.70. The molecular weight excluding hydrogens is 478 g/mol. The SMILES string of the molecule is Cc1ccccc1P(c1ccccc1C)c1ccsc1P1C2(C)CC3(C)OC(C)(CC1(C)O3)O2. The minimum atomic E-state index is -0.735. The molecule has 5 heterocycles. The summed E-state index contributed by atoms with van der Waals surface area (Å²) in [6.45, 7) is 13.3. The predicted molar refractivity (Wildman–Crippen MR) is 145 cm³/mol. The van der Waals surface area contributed by atoms with Crippen molar-refractivity contribution < 1.29 is 14.2 Å². The maximum atomic E-state index is 6.80. The molecule has 0 spiro atoms. The average molecular weight is 511 g/mol. The zero-order valence-electron chi connectivity index (χ0n) is 20.7. The van der Waals surface area contributed by atoms with Crippen molar-refractivity contribution in [3.63, 3.8) is 0 Å². The van der Waals surface area contributed by atoms with E-state index in [1.807, 2.05) is 11.3 Å². The van der Waals surface area contributed by atoms with E-state index in [1.54, 1.807) is 0 Å². The van der Waals surface area contributed by atoms with Crippen LogP contribution in [0.2, 0.25) is 0 Å². The van der Waals surface area contributed by atoms with Crippen LogP contribution in [-0.2, 0) is 14.2 Å². The first-order valence-corrected chi connectivity index (χ1v) is 15.5. The van der Waals surface area contributed by atoms with Gasteiger partial charge in [0.25, 0.3) is 0 Å². The Balaban J connectivity index is 1.54. The topological polar surface area (TPSA) is 27.7 Å². The highest BCUT2D eigenvalue weighted by molar-refractivity contribution is 7.84. The summed E-state index contributed by atoms with van der Waals surface area (Å²) in [6.07, 6.45) is 1.53. The highest BCUT2D eigenvalue weighted by atomic mass is 32.1. The van der Waals surface area contributed by atoms with Crippen LogP contribution in [0.15, 0.2) is 60.0 Å². The van der Waals surface area contributed by atoms with E-state index >= 15 is 0 Å². The molecule has 4 atom stereocenters. The maximum Gasteiger partial charge on any atom is 0.173 e. The van der Waals surface area contributed by atoms with E-state index in [4.69, 9.17) is 14.2 Å². The second kappa shape index (κ2) is 7.69. The number of ether oxygens (including phenoxy) is 3. The van der Waals surface area contributed by atoms with Crippen molar-refractivity contribution >= 4 is 47.7 Å². The molecule has 178 valence electrons. The van der Waals surface area contributed by atoms with Crippen LogP contribution in [0.4, 0.5) is 0 Å². The van der Waals surface area contributed by atoms with Crippen molar-refractivity contribution in [1.29, 1.82) is 0 Å². The summed E-state index contributed by atoms with van der Waals surface area (Å²) in [6, 6.07) is 20.2. The van der Waals surface area contributed by atoms with E-state index in [-0.39, 0.29) is 10.7 Å². The van der Waals surface area contributed by atoms with Gasteiger partial charge in [-0.25, -0.2) is 0 Å². The Hall–Kier alpha value is -1.12. The first-order chi connectivity index (χ1) is 16.1. The summed E-state index contributed by atoms with van der Waals surface area (Å²) < 4.78 is 21.4. The average Bonchev–Trinajstić information content (AvgIpc) is 3.15. The number of aryl methyl sites for hydroxylation is 2. The maximum absolute atomic E-state index is 6.80. The molecule has 34 heavy (non-hydrogen) atoms. The van der Waals surface area contributed by atoms with Gasteiger partial charge in [0.1, 0.15) is 10.7 Å². The van der Waals surface area contributed by atoms with Gasteiger partial charge in [0.2, 0.25) is 0 Å². The number of hydrogen-bond acceptors (Lipinski definition) is 4. The van der Waals surface area contributed by atoms with Crippen molar-refractivity contribution in [2.75, 3.05) is 0 Å². The van der Waals surface area contributed by atoms with Gasteiger partial charge in [0.15, 0.2) is 11.6 Å². The first-order valence-electron chi connectivity index (χ1n) is 11.9. The Morgan fingerprint density at radius 3 is 1.71 bits per heavy atom. The van der Waals surface area contributed by atoms with Crippen LogP contribution in [0.25, 0.3) is 0 Å². The van der Waals surface area contributed by atoms with E-state index < -0.39 is 27.4 Å². The van der Waals surface area contributed by atoms with Crippen LogP contribution in [-0.4, -0.2) is 22.3 Å². The normalized spacial score (nSPS) is 36.4. The number of hydrogen-bond donors (Lipinski definition) is 0. The largest absolute Gasteiger partial charge is 0.339 e. The molecule has 0 aliphatic carbocycles. The summed E-state index contributed by atoms with van der Waals surface area (Å²) in [5.74, 6) is -1.16. The molecule has 6 heteroatoms. The second-order valence-corrected chi connectivity index (χ2v) is 17.0.